The van der Waals surface area contributed by atoms with Crippen LogP contribution >= 0.6 is 0 Å². The van der Waals surface area contributed by atoms with Crippen LogP contribution in [-0.2, 0) is 15.5 Å². The van der Waals surface area contributed by atoms with Gasteiger partial charge in [-0.05, 0) is 6.42 Å². The zero-order valence-corrected chi connectivity index (χ0v) is 8.44. The highest BCUT2D eigenvalue weighted by atomic mass is 32.2. The van der Waals surface area contributed by atoms with Crippen LogP contribution in [-0.4, -0.2) is 35.5 Å². The Bertz CT molecular complexity index is 172. The Morgan fingerprint density at radius 1 is 1.67 bits per heavy atom. The Kier molecular flexibility index (Phi) is 5.70. The second kappa shape index (κ2) is 5.99. The van der Waals surface area contributed by atoms with Crippen molar-refractivity contribution in [1.29, 1.82) is 0 Å². The molecule has 72 valence electrons. The fourth-order valence-electron chi connectivity index (χ4n) is 0.616. The van der Waals surface area contributed by atoms with E-state index >= 15 is 0 Å². The van der Waals surface area contributed by atoms with Gasteiger partial charge in [0.15, 0.2) is 0 Å². The Hall–Kier alpha value is -0.580. The molecule has 12 heavy (non-hydrogen) atoms. The molecule has 0 aromatic heterocycles. The van der Waals surface area contributed by atoms with E-state index in [1.54, 1.807) is 6.26 Å². The number of hydrogen-bond donors (Lipinski definition) is 1. The van der Waals surface area contributed by atoms with Gasteiger partial charge >= 0.3 is 6.09 Å². The predicted molar refractivity (Wildman–Crippen MR) is 48.6 cm³/mol. The van der Waals surface area contributed by atoms with Crippen LogP contribution in [0.4, 0.5) is 4.79 Å². The number of carbonyl (C=O) groups is 1. The van der Waals surface area contributed by atoms with Gasteiger partial charge in [0.05, 0.1) is 7.11 Å². The number of hydrogen-bond acceptors (Lipinski definition) is 3. The first kappa shape index (κ1) is 11.4. The average Bonchev–Trinajstić information content (AvgIpc) is 2.03. The maximum atomic E-state index is 10.9. The summed E-state index contributed by atoms with van der Waals surface area (Å²) in [4.78, 5) is 10.6. The first-order valence-corrected chi connectivity index (χ1v) is 5.34. The monoisotopic (exact) mass is 193 g/mol. The number of alkyl carbamates (subject to hydrolysis) is 1. The molecule has 0 aliphatic heterocycles. The minimum atomic E-state index is -0.819. The molecule has 2 unspecified atom stereocenters. The first-order chi connectivity index (χ1) is 5.57. The first-order valence-electron chi connectivity index (χ1n) is 3.72. The zero-order chi connectivity index (χ0) is 9.56. The van der Waals surface area contributed by atoms with E-state index in [1.807, 2.05) is 6.92 Å². The minimum absolute atomic E-state index is 0.113. The van der Waals surface area contributed by atoms with Gasteiger partial charge in [-0.3, -0.25) is 4.21 Å². The van der Waals surface area contributed by atoms with E-state index in [4.69, 9.17) is 0 Å². The molecule has 0 saturated heterocycles. The van der Waals surface area contributed by atoms with Gasteiger partial charge in [0, 0.05) is 28.9 Å². The van der Waals surface area contributed by atoms with Gasteiger partial charge in [0.2, 0.25) is 0 Å². The summed E-state index contributed by atoms with van der Waals surface area (Å²) in [7, 11) is 0.497. The van der Waals surface area contributed by atoms with E-state index in [2.05, 4.69) is 10.1 Å². The fraction of sp³-hybridized carbons (Fsp3) is 0.857. The summed E-state index contributed by atoms with van der Waals surface area (Å²) in [6.07, 6.45) is 1.92. The SMILES string of the molecule is COC(=O)NCCC(C)S(C)=O. The van der Waals surface area contributed by atoms with Crippen LogP contribution in [0, 0.1) is 0 Å². The normalized spacial score (nSPS) is 14.9. The summed E-state index contributed by atoms with van der Waals surface area (Å²) in [6.45, 7) is 2.39. The lowest BCUT2D eigenvalue weighted by Gasteiger charge is -2.07. The van der Waals surface area contributed by atoms with Gasteiger partial charge < -0.3 is 10.1 Å². The van der Waals surface area contributed by atoms with Crippen molar-refractivity contribution in [3.63, 3.8) is 0 Å². The van der Waals surface area contributed by atoms with Crippen LogP contribution in [0.15, 0.2) is 0 Å². The van der Waals surface area contributed by atoms with Crippen molar-refractivity contribution in [1.82, 2.24) is 5.32 Å². The largest absolute Gasteiger partial charge is 0.453 e. The van der Waals surface area contributed by atoms with Gasteiger partial charge in [-0.2, -0.15) is 0 Å². The van der Waals surface area contributed by atoms with Crippen LogP contribution in [0.25, 0.3) is 0 Å². The lowest BCUT2D eigenvalue weighted by atomic mass is 10.3. The van der Waals surface area contributed by atoms with E-state index in [1.165, 1.54) is 7.11 Å². The van der Waals surface area contributed by atoms with Crippen LogP contribution in [0.1, 0.15) is 13.3 Å². The van der Waals surface area contributed by atoms with E-state index in [-0.39, 0.29) is 5.25 Å². The smallest absolute Gasteiger partial charge is 0.406 e. The van der Waals surface area contributed by atoms with E-state index in [9.17, 15) is 9.00 Å². The summed E-state index contributed by atoms with van der Waals surface area (Å²) >= 11 is 0. The highest BCUT2D eigenvalue weighted by Crippen LogP contribution is 1.96. The summed E-state index contributed by atoms with van der Waals surface area (Å²) in [5.74, 6) is 0. The Labute approximate surface area is 75.1 Å². The van der Waals surface area contributed by atoms with Gasteiger partial charge in [0.25, 0.3) is 0 Å². The number of rotatable bonds is 4. The molecule has 0 rings (SSSR count). The lowest BCUT2D eigenvalue weighted by Crippen LogP contribution is -2.27. The van der Waals surface area contributed by atoms with Crippen molar-refractivity contribution < 1.29 is 13.7 Å². The summed E-state index contributed by atoms with van der Waals surface area (Å²) < 4.78 is 15.2. The zero-order valence-electron chi connectivity index (χ0n) is 7.62. The summed E-state index contributed by atoms with van der Waals surface area (Å²) in [5, 5.41) is 2.64. The molecule has 0 spiro atoms. The second-order valence-corrected chi connectivity index (χ2v) is 4.32. The van der Waals surface area contributed by atoms with Crippen LogP contribution in [0.2, 0.25) is 0 Å². The average molecular weight is 193 g/mol. The molecular weight excluding hydrogens is 178 g/mol. The molecule has 0 aromatic carbocycles. The molecule has 0 aliphatic carbocycles. The van der Waals surface area contributed by atoms with E-state index in [0.29, 0.717) is 13.0 Å². The van der Waals surface area contributed by atoms with Gasteiger partial charge in [-0.25, -0.2) is 4.79 Å². The minimum Gasteiger partial charge on any atom is -0.453 e. The molecule has 4 nitrogen and oxygen atoms in total. The fourth-order valence-corrected chi connectivity index (χ4v) is 1.07. The summed E-state index contributed by atoms with van der Waals surface area (Å²) in [6, 6.07) is 0. The van der Waals surface area contributed by atoms with Crippen molar-refractivity contribution in [2.75, 3.05) is 19.9 Å². The van der Waals surface area contributed by atoms with Crippen molar-refractivity contribution in [2.24, 2.45) is 0 Å². The van der Waals surface area contributed by atoms with Crippen molar-refractivity contribution in [3.05, 3.63) is 0 Å². The molecule has 0 fully saturated rings. The number of methoxy groups -OCH3 is 1. The van der Waals surface area contributed by atoms with Gasteiger partial charge in [-0.1, -0.05) is 6.92 Å². The molecule has 0 bridgehead atoms. The molecule has 0 radical (unpaired) electrons. The molecule has 0 aromatic rings. The molecular formula is C7H15NO3S. The predicted octanol–water partition coefficient (Wildman–Crippen LogP) is 0.500. The molecule has 5 heteroatoms. The van der Waals surface area contributed by atoms with E-state index in [0.717, 1.165) is 0 Å². The third-order valence-electron chi connectivity index (χ3n) is 1.57. The third-order valence-corrected chi connectivity index (χ3v) is 2.94. The number of nitrogens with one attached hydrogen (secondary N) is 1. The van der Waals surface area contributed by atoms with Crippen molar-refractivity contribution in [2.45, 2.75) is 18.6 Å². The summed E-state index contributed by atoms with van der Waals surface area (Å²) in [5.41, 5.74) is 0. The molecule has 2 atom stereocenters. The third kappa shape index (κ3) is 5.12. The topological polar surface area (TPSA) is 55.4 Å². The second-order valence-electron chi connectivity index (χ2n) is 2.52. The van der Waals surface area contributed by atoms with Gasteiger partial charge in [-0.15, -0.1) is 0 Å². The maximum absolute atomic E-state index is 10.9. The van der Waals surface area contributed by atoms with Crippen LogP contribution < -0.4 is 5.32 Å². The Balaban J connectivity index is 3.43. The van der Waals surface area contributed by atoms with Crippen molar-refractivity contribution >= 4 is 16.9 Å². The number of amides is 1. The van der Waals surface area contributed by atoms with Gasteiger partial charge in [0.1, 0.15) is 0 Å². The highest BCUT2D eigenvalue weighted by Gasteiger charge is 2.06. The standard InChI is InChI=1S/C7H15NO3S/c1-6(12(3)10)4-5-8-7(9)11-2/h6H,4-5H2,1-3H3,(H,8,9). The number of ether oxygens (including phenoxy) is 1. The molecule has 1 amide bonds. The van der Waals surface area contributed by atoms with Crippen LogP contribution in [0.5, 0.6) is 0 Å². The van der Waals surface area contributed by atoms with Crippen LogP contribution in [0.3, 0.4) is 0 Å². The Morgan fingerprint density at radius 2 is 2.25 bits per heavy atom. The molecule has 1 N–H and O–H groups in total. The highest BCUT2D eigenvalue weighted by molar-refractivity contribution is 7.84. The number of carbonyl (C=O) groups excluding carboxylic acids is 1. The Morgan fingerprint density at radius 3 is 2.67 bits per heavy atom. The quantitative estimate of drug-likeness (QED) is 0.707. The lowest BCUT2D eigenvalue weighted by molar-refractivity contribution is 0.171. The molecule has 0 heterocycles. The van der Waals surface area contributed by atoms with E-state index < -0.39 is 16.9 Å². The molecule has 0 saturated carbocycles. The van der Waals surface area contributed by atoms with Crippen molar-refractivity contribution in [3.8, 4) is 0 Å². The maximum Gasteiger partial charge on any atom is 0.406 e. The molecule has 0 aliphatic rings.